The zero-order valence-corrected chi connectivity index (χ0v) is 15.6. The number of nitrogens with one attached hydrogen (secondary N) is 1. The van der Waals surface area contributed by atoms with Crippen LogP contribution in [-0.4, -0.2) is 46.9 Å². The van der Waals surface area contributed by atoms with Gasteiger partial charge in [0.05, 0.1) is 9.92 Å². The highest BCUT2D eigenvalue weighted by Crippen LogP contribution is 2.30. The second-order valence-electron chi connectivity index (χ2n) is 5.87. The summed E-state index contributed by atoms with van der Waals surface area (Å²) in [6.45, 7) is 0.806. The number of rotatable bonds is 6. The Morgan fingerprint density at radius 1 is 1.33 bits per heavy atom. The van der Waals surface area contributed by atoms with E-state index in [1.54, 1.807) is 0 Å². The van der Waals surface area contributed by atoms with Gasteiger partial charge in [-0.1, -0.05) is 11.6 Å². The fraction of sp³-hybridized carbons (Fsp3) is 0.312. The fourth-order valence-electron chi connectivity index (χ4n) is 2.64. The van der Waals surface area contributed by atoms with Crippen LogP contribution in [0.3, 0.4) is 0 Å². The van der Waals surface area contributed by atoms with Crippen molar-refractivity contribution in [3.63, 3.8) is 0 Å². The van der Waals surface area contributed by atoms with Crippen molar-refractivity contribution < 1.29 is 23.1 Å². The predicted octanol–water partition coefficient (Wildman–Crippen LogP) is 1.48. The molecule has 11 heteroatoms. The molecule has 3 rings (SSSR count). The first-order valence-corrected chi connectivity index (χ1v) is 9.85. The molecule has 0 spiro atoms. The van der Waals surface area contributed by atoms with Gasteiger partial charge in [-0.05, 0) is 31.0 Å². The number of halogens is 1. The van der Waals surface area contributed by atoms with Gasteiger partial charge in [0, 0.05) is 19.3 Å². The van der Waals surface area contributed by atoms with Gasteiger partial charge in [-0.15, -0.1) is 0 Å². The van der Waals surface area contributed by atoms with E-state index in [0.717, 1.165) is 19.0 Å². The Hall–Kier alpha value is -2.43. The normalized spacial score (nSPS) is 15.0. The molecule has 144 valence electrons. The van der Waals surface area contributed by atoms with Gasteiger partial charge in [0.25, 0.3) is 5.56 Å². The Morgan fingerprint density at radius 2 is 2.04 bits per heavy atom. The molecule has 0 atom stereocenters. The topological polar surface area (TPSA) is 130 Å². The maximum atomic E-state index is 12.5. The standard InChI is InChI=1S/C16H16ClN3O6S/c17-12-7-10(27(24,25)20-5-1-2-6-20)3-4-13(12)26-9-14-18-8-11(16(22)23)15(21)19-14/h3-4,7-8H,1-2,5-6,9H2,(H,22,23)(H,18,19,21). The minimum Gasteiger partial charge on any atom is -0.484 e. The third kappa shape index (κ3) is 4.12. The van der Waals surface area contributed by atoms with Crippen LogP contribution >= 0.6 is 11.6 Å². The molecule has 2 aromatic rings. The number of H-pyrrole nitrogens is 1. The average molecular weight is 414 g/mol. The van der Waals surface area contributed by atoms with E-state index >= 15 is 0 Å². The van der Waals surface area contributed by atoms with Crippen LogP contribution in [0, 0.1) is 0 Å². The fourth-order valence-corrected chi connectivity index (χ4v) is 4.48. The molecule has 0 radical (unpaired) electrons. The summed E-state index contributed by atoms with van der Waals surface area (Å²) in [4.78, 5) is 28.6. The average Bonchev–Trinajstić information content (AvgIpc) is 3.16. The Morgan fingerprint density at radius 3 is 2.63 bits per heavy atom. The summed E-state index contributed by atoms with van der Waals surface area (Å²) < 4.78 is 31.9. The summed E-state index contributed by atoms with van der Waals surface area (Å²) in [6, 6.07) is 4.14. The van der Waals surface area contributed by atoms with Gasteiger partial charge in [0.15, 0.2) is 0 Å². The minimum absolute atomic E-state index is 0.0825. The first-order valence-electron chi connectivity index (χ1n) is 8.03. The number of hydrogen-bond donors (Lipinski definition) is 2. The molecule has 1 aliphatic heterocycles. The van der Waals surface area contributed by atoms with E-state index in [0.29, 0.717) is 13.1 Å². The molecule has 1 saturated heterocycles. The van der Waals surface area contributed by atoms with Crippen LogP contribution < -0.4 is 10.3 Å². The molecule has 0 aliphatic carbocycles. The third-order valence-electron chi connectivity index (χ3n) is 4.05. The van der Waals surface area contributed by atoms with E-state index in [1.807, 2.05) is 0 Å². The number of aromatic nitrogens is 2. The summed E-state index contributed by atoms with van der Waals surface area (Å²) in [7, 11) is -3.59. The lowest BCUT2D eigenvalue weighted by molar-refractivity contribution is 0.0694. The number of aromatic carboxylic acids is 1. The van der Waals surface area contributed by atoms with Crippen molar-refractivity contribution in [3.8, 4) is 5.75 Å². The molecule has 0 unspecified atom stereocenters. The second-order valence-corrected chi connectivity index (χ2v) is 8.22. The Kier molecular flexibility index (Phi) is 5.49. The van der Waals surface area contributed by atoms with E-state index in [1.165, 1.54) is 22.5 Å². The molecule has 0 saturated carbocycles. The highest BCUT2D eigenvalue weighted by atomic mass is 35.5. The summed E-state index contributed by atoms with van der Waals surface area (Å²) in [5.41, 5.74) is -1.28. The molecule has 0 bridgehead atoms. The van der Waals surface area contributed by atoms with Crippen molar-refractivity contribution in [2.24, 2.45) is 0 Å². The van der Waals surface area contributed by atoms with Crippen LogP contribution in [0.25, 0.3) is 0 Å². The summed E-state index contributed by atoms with van der Waals surface area (Å²) in [6.07, 6.45) is 2.60. The van der Waals surface area contributed by atoms with Crippen LogP contribution in [0.2, 0.25) is 5.02 Å². The Bertz CT molecular complexity index is 1030. The van der Waals surface area contributed by atoms with Crippen LogP contribution in [0.4, 0.5) is 0 Å². The number of aromatic amines is 1. The SMILES string of the molecule is O=C(O)c1cnc(COc2ccc(S(=O)(=O)N3CCCC3)cc2Cl)[nH]c1=O. The lowest BCUT2D eigenvalue weighted by atomic mass is 10.3. The smallest absolute Gasteiger partial charge is 0.342 e. The van der Waals surface area contributed by atoms with Crippen molar-refractivity contribution in [3.05, 3.63) is 51.2 Å². The van der Waals surface area contributed by atoms with E-state index < -0.39 is 27.1 Å². The first-order chi connectivity index (χ1) is 12.8. The maximum absolute atomic E-state index is 12.5. The van der Waals surface area contributed by atoms with E-state index in [4.69, 9.17) is 21.4 Å². The van der Waals surface area contributed by atoms with Crippen LogP contribution in [0.1, 0.15) is 29.0 Å². The second kappa shape index (κ2) is 7.67. The molecule has 1 aromatic carbocycles. The van der Waals surface area contributed by atoms with Gasteiger partial charge < -0.3 is 14.8 Å². The molecule has 27 heavy (non-hydrogen) atoms. The van der Waals surface area contributed by atoms with E-state index in [9.17, 15) is 18.0 Å². The monoisotopic (exact) mass is 413 g/mol. The Labute approximate surface area is 159 Å². The van der Waals surface area contributed by atoms with Crippen molar-refractivity contribution >= 4 is 27.6 Å². The van der Waals surface area contributed by atoms with Gasteiger partial charge >= 0.3 is 5.97 Å². The van der Waals surface area contributed by atoms with Gasteiger partial charge in [0.1, 0.15) is 23.7 Å². The molecule has 2 N–H and O–H groups in total. The zero-order chi connectivity index (χ0) is 19.6. The van der Waals surface area contributed by atoms with Crippen molar-refractivity contribution in [2.45, 2.75) is 24.3 Å². The van der Waals surface area contributed by atoms with Crippen molar-refractivity contribution in [2.75, 3.05) is 13.1 Å². The quantitative estimate of drug-likeness (QED) is 0.733. The highest BCUT2D eigenvalue weighted by Gasteiger charge is 2.27. The van der Waals surface area contributed by atoms with Crippen LogP contribution in [0.5, 0.6) is 5.75 Å². The van der Waals surface area contributed by atoms with Gasteiger partial charge in [-0.3, -0.25) is 4.79 Å². The number of carboxylic acids is 1. The largest absolute Gasteiger partial charge is 0.484 e. The highest BCUT2D eigenvalue weighted by molar-refractivity contribution is 7.89. The van der Waals surface area contributed by atoms with Crippen LogP contribution in [0.15, 0.2) is 34.1 Å². The third-order valence-corrected chi connectivity index (χ3v) is 6.24. The van der Waals surface area contributed by atoms with Crippen molar-refractivity contribution in [1.29, 1.82) is 0 Å². The number of carboxylic acid groups (broad SMARTS) is 1. The number of carbonyl (C=O) groups is 1. The number of sulfonamides is 1. The number of hydrogen-bond acceptors (Lipinski definition) is 6. The predicted molar refractivity (Wildman–Crippen MR) is 95.6 cm³/mol. The van der Waals surface area contributed by atoms with Gasteiger partial charge in [-0.2, -0.15) is 4.31 Å². The summed E-state index contributed by atoms with van der Waals surface area (Å²) in [5, 5.41) is 8.91. The molecule has 2 heterocycles. The maximum Gasteiger partial charge on any atom is 0.342 e. The minimum atomic E-state index is -3.59. The van der Waals surface area contributed by atoms with Gasteiger partial charge in [-0.25, -0.2) is 18.2 Å². The van der Waals surface area contributed by atoms with E-state index in [-0.39, 0.29) is 28.1 Å². The zero-order valence-electron chi connectivity index (χ0n) is 14.0. The number of benzene rings is 1. The molecule has 1 aliphatic rings. The molecule has 1 fully saturated rings. The summed E-state index contributed by atoms with van der Waals surface area (Å²) >= 11 is 6.13. The molecular formula is C16H16ClN3O6S. The molecule has 1 aromatic heterocycles. The summed E-state index contributed by atoms with van der Waals surface area (Å²) in [5.74, 6) is -1.06. The lowest BCUT2D eigenvalue weighted by Crippen LogP contribution is -2.27. The number of nitrogens with zero attached hydrogens (tertiary/aromatic N) is 2. The number of ether oxygens (including phenoxy) is 1. The Balaban J connectivity index is 1.74. The van der Waals surface area contributed by atoms with Crippen molar-refractivity contribution in [1.82, 2.24) is 14.3 Å². The first kappa shape index (κ1) is 19.3. The molecule has 0 amide bonds. The van der Waals surface area contributed by atoms with Gasteiger partial charge in [0.2, 0.25) is 10.0 Å². The molecular weight excluding hydrogens is 398 g/mol. The van der Waals surface area contributed by atoms with Crippen LogP contribution in [-0.2, 0) is 16.6 Å². The van der Waals surface area contributed by atoms with E-state index in [2.05, 4.69) is 9.97 Å². The molecule has 9 nitrogen and oxygen atoms in total. The lowest BCUT2D eigenvalue weighted by Gasteiger charge is -2.16.